The third kappa shape index (κ3) is 4.07. The minimum absolute atomic E-state index is 0.740. The van der Waals surface area contributed by atoms with Gasteiger partial charge in [0.15, 0.2) is 0 Å². The van der Waals surface area contributed by atoms with Gasteiger partial charge in [0.05, 0.1) is 15.6 Å². The van der Waals surface area contributed by atoms with Crippen LogP contribution in [0.4, 0.5) is 0 Å². The Morgan fingerprint density at radius 1 is 1.19 bits per heavy atom. The lowest BCUT2D eigenvalue weighted by Crippen LogP contribution is -2.11. The molecule has 0 aliphatic heterocycles. The molecule has 4 heteroatoms. The van der Waals surface area contributed by atoms with Crippen molar-refractivity contribution in [3.63, 3.8) is 0 Å². The van der Waals surface area contributed by atoms with Gasteiger partial charge in [-0.2, -0.15) is 0 Å². The Hall–Kier alpha value is -0.0600. The van der Waals surface area contributed by atoms with Gasteiger partial charge in [0.1, 0.15) is 5.75 Å². The summed E-state index contributed by atoms with van der Waals surface area (Å²) in [6, 6.07) is 4.19. The van der Waals surface area contributed by atoms with E-state index in [0.717, 1.165) is 40.8 Å². The van der Waals surface area contributed by atoms with E-state index in [1.807, 2.05) is 0 Å². The molecular weight excluding hydrogens is 334 g/mol. The number of hydrogen-bond donors (Lipinski definition) is 1. The Bertz CT molecular complexity index is 319. The van der Waals surface area contributed by atoms with E-state index in [1.165, 1.54) is 5.56 Å². The number of halogens is 2. The summed E-state index contributed by atoms with van der Waals surface area (Å²) in [5, 5.41) is 3.30. The van der Waals surface area contributed by atoms with Crippen molar-refractivity contribution in [3.8, 4) is 5.75 Å². The first kappa shape index (κ1) is 14.0. The molecule has 0 spiro atoms. The topological polar surface area (TPSA) is 21.3 Å². The summed E-state index contributed by atoms with van der Waals surface area (Å²) < 4.78 is 7.67. The Morgan fingerprint density at radius 3 is 2.31 bits per heavy atom. The molecule has 0 bridgehead atoms. The van der Waals surface area contributed by atoms with Crippen molar-refractivity contribution in [1.29, 1.82) is 0 Å². The molecule has 1 rings (SSSR count). The summed E-state index contributed by atoms with van der Waals surface area (Å²) >= 11 is 7.07. The first-order valence-corrected chi connectivity index (χ1v) is 7.09. The van der Waals surface area contributed by atoms with Crippen molar-refractivity contribution in [2.75, 3.05) is 13.2 Å². The van der Waals surface area contributed by atoms with E-state index in [0.29, 0.717) is 0 Å². The molecule has 0 unspecified atom stereocenters. The molecule has 0 aromatic heterocycles. The third-order valence-corrected chi connectivity index (χ3v) is 3.27. The Labute approximate surface area is 114 Å². The van der Waals surface area contributed by atoms with Crippen LogP contribution in [0.25, 0.3) is 0 Å². The Kier molecular flexibility index (Phi) is 6.39. The van der Waals surface area contributed by atoms with E-state index in [1.54, 1.807) is 0 Å². The van der Waals surface area contributed by atoms with Crippen LogP contribution < -0.4 is 10.1 Å². The number of benzene rings is 1. The molecule has 0 atom stereocenters. The van der Waals surface area contributed by atoms with E-state index >= 15 is 0 Å². The van der Waals surface area contributed by atoms with Crippen LogP contribution in [-0.4, -0.2) is 13.2 Å². The maximum absolute atomic E-state index is 5.66. The molecule has 0 saturated carbocycles. The highest BCUT2D eigenvalue weighted by molar-refractivity contribution is 9.11. The predicted molar refractivity (Wildman–Crippen MR) is 75.0 cm³/mol. The van der Waals surface area contributed by atoms with Gasteiger partial charge in [-0.05, 0) is 62.5 Å². The van der Waals surface area contributed by atoms with Crippen molar-refractivity contribution in [2.24, 2.45) is 0 Å². The highest BCUT2D eigenvalue weighted by Gasteiger charge is 2.08. The Balaban J connectivity index is 2.80. The molecule has 0 heterocycles. The lowest BCUT2D eigenvalue weighted by Gasteiger charge is -2.11. The van der Waals surface area contributed by atoms with Crippen molar-refractivity contribution in [3.05, 3.63) is 26.6 Å². The average molecular weight is 351 g/mol. The second-order valence-electron chi connectivity index (χ2n) is 3.52. The molecule has 0 aliphatic carbocycles. The largest absolute Gasteiger partial charge is 0.491 e. The minimum atomic E-state index is 0.740. The zero-order valence-electron chi connectivity index (χ0n) is 9.65. The summed E-state index contributed by atoms with van der Waals surface area (Å²) in [6.07, 6.45) is 1.01. The molecular formula is C12H17Br2NO. The smallest absolute Gasteiger partial charge is 0.147 e. The van der Waals surface area contributed by atoms with Gasteiger partial charge in [-0.25, -0.2) is 0 Å². The lowest BCUT2D eigenvalue weighted by molar-refractivity contribution is 0.313. The quantitative estimate of drug-likeness (QED) is 0.833. The van der Waals surface area contributed by atoms with E-state index in [2.05, 4.69) is 63.2 Å². The maximum Gasteiger partial charge on any atom is 0.147 e. The second-order valence-corrected chi connectivity index (χ2v) is 5.23. The molecule has 1 N–H and O–H groups in total. The molecule has 1 aromatic rings. The van der Waals surface area contributed by atoms with E-state index in [4.69, 9.17) is 4.74 Å². The van der Waals surface area contributed by atoms with Crippen molar-refractivity contribution < 1.29 is 4.74 Å². The van der Waals surface area contributed by atoms with Gasteiger partial charge in [-0.15, -0.1) is 0 Å². The number of nitrogens with one attached hydrogen (secondary N) is 1. The minimum Gasteiger partial charge on any atom is -0.491 e. The molecule has 0 fully saturated rings. The molecule has 0 radical (unpaired) electrons. The highest BCUT2D eigenvalue weighted by atomic mass is 79.9. The second kappa shape index (κ2) is 7.30. The van der Waals surface area contributed by atoms with Crippen LogP contribution >= 0.6 is 31.9 Å². The highest BCUT2D eigenvalue weighted by Crippen LogP contribution is 2.34. The number of hydrogen-bond acceptors (Lipinski definition) is 2. The van der Waals surface area contributed by atoms with Gasteiger partial charge < -0.3 is 10.1 Å². The first-order chi connectivity index (χ1) is 7.69. The van der Waals surface area contributed by atoms with Crippen molar-refractivity contribution in [1.82, 2.24) is 5.32 Å². The van der Waals surface area contributed by atoms with E-state index in [-0.39, 0.29) is 0 Å². The van der Waals surface area contributed by atoms with Gasteiger partial charge in [0.2, 0.25) is 0 Å². The van der Waals surface area contributed by atoms with Crippen LogP contribution in [0.1, 0.15) is 25.8 Å². The maximum atomic E-state index is 5.66. The summed E-state index contributed by atoms with van der Waals surface area (Å²) in [7, 11) is 0. The van der Waals surface area contributed by atoms with Gasteiger partial charge >= 0.3 is 0 Å². The van der Waals surface area contributed by atoms with Gasteiger partial charge in [0, 0.05) is 6.54 Å². The van der Waals surface area contributed by atoms with Gasteiger partial charge in [-0.1, -0.05) is 13.8 Å². The normalized spacial score (nSPS) is 10.5. The number of rotatable bonds is 6. The molecule has 90 valence electrons. The van der Waals surface area contributed by atoms with Gasteiger partial charge in [0.25, 0.3) is 0 Å². The molecule has 0 amide bonds. The summed E-state index contributed by atoms with van der Waals surface area (Å²) in [4.78, 5) is 0. The fraction of sp³-hybridized carbons (Fsp3) is 0.500. The SMILES string of the molecule is CCCOc1c(Br)cc(CNCC)cc1Br. The lowest BCUT2D eigenvalue weighted by atomic mass is 10.2. The fourth-order valence-electron chi connectivity index (χ4n) is 1.33. The molecule has 16 heavy (non-hydrogen) atoms. The first-order valence-electron chi connectivity index (χ1n) is 5.50. The van der Waals surface area contributed by atoms with Crippen molar-refractivity contribution >= 4 is 31.9 Å². The van der Waals surface area contributed by atoms with E-state index < -0.39 is 0 Å². The van der Waals surface area contributed by atoms with Crippen LogP contribution in [0.5, 0.6) is 5.75 Å². The average Bonchev–Trinajstić information content (AvgIpc) is 2.25. The van der Waals surface area contributed by atoms with Crippen LogP contribution in [-0.2, 0) is 6.54 Å². The summed E-state index contributed by atoms with van der Waals surface area (Å²) in [6.45, 7) is 6.79. The number of ether oxygens (including phenoxy) is 1. The Morgan fingerprint density at radius 2 is 1.81 bits per heavy atom. The van der Waals surface area contributed by atoms with Crippen LogP contribution in [0.3, 0.4) is 0 Å². The summed E-state index contributed by atoms with van der Waals surface area (Å²) in [5.41, 5.74) is 1.24. The molecule has 0 aliphatic rings. The zero-order chi connectivity index (χ0) is 12.0. The fourth-order valence-corrected chi connectivity index (χ4v) is 2.84. The molecule has 2 nitrogen and oxygen atoms in total. The van der Waals surface area contributed by atoms with Crippen LogP contribution in [0.2, 0.25) is 0 Å². The van der Waals surface area contributed by atoms with E-state index in [9.17, 15) is 0 Å². The van der Waals surface area contributed by atoms with Gasteiger partial charge in [-0.3, -0.25) is 0 Å². The van der Waals surface area contributed by atoms with Crippen molar-refractivity contribution in [2.45, 2.75) is 26.8 Å². The third-order valence-electron chi connectivity index (χ3n) is 2.09. The monoisotopic (exact) mass is 349 g/mol. The summed E-state index contributed by atoms with van der Waals surface area (Å²) in [5.74, 6) is 0.891. The predicted octanol–water partition coefficient (Wildman–Crippen LogP) is 4.11. The molecule has 0 saturated heterocycles. The molecule has 1 aromatic carbocycles. The van der Waals surface area contributed by atoms with Crippen LogP contribution in [0, 0.1) is 0 Å². The standard InChI is InChI=1S/C12H17Br2NO/c1-3-5-16-12-10(13)6-9(7-11(12)14)8-15-4-2/h6-7,15H,3-5,8H2,1-2H3. The van der Waals surface area contributed by atoms with Crippen LogP contribution in [0.15, 0.2) is 21.1 Å². The zero-order valence-corrected chi connectivity index (χ0v) is 12.8.